The highest BCUT2D eigenvalue weighted by molar-refractivity contribution is 7.92. The summed E-state index contributed by atoms with van der Waals surface area (Å²) in [6.07, 6.45) is 0. The zero-order chi connectivity index (χ0) is 27.2. The zero-order valence-electron chi connectivity index (χ0n) is 21.5. The first kappa shape index (κ1) is 28.1. The summed E-state index contributed by atoms with van der Waals surface area (Å²) in [5.74, 6) is 0.764. The number of benzene rings is 3. The molecule has 0 saturated heterocycles. The fourth-order valence-corrected chi connectivity index (χ4v) is 5.31. The number of carbonyl (C=O) groups is 1. The predicted octanol–water partition coefficient (Wildman–Crippen LogP) is 4.67. The van der Waals surface area contributed by atoms with Gasteiger partial charge in [0.1, 0.15) is 18.9 Å². The number of rotatable bonds is 11. The van der Waals surface area contributed by atoms with E-state index in [1.807, 2.05) is 32.9 Å². The molecule has 0 aromatic heterocycles. The zero-order valence-corrected chi connectivity index (χ0v) is 23.1. The highest BCUT2D eigenvalue weighted by Crippen LogP contribution is 2.32. The summed E-state index contributed by atoms with van der Waals surface area (Å²) in [5.41, 5.74) is 3.05. The van der Waals surface area contributed by atoms with Gasteiger partial charge in [-0.1, -0.05) is 23.7 Å². The summed E-state index contributed by atoms with van der Waals surface area (Å²) in [4.78, 5) is 12.8. The van der Waals surface area contributed by atoms with E-state index in [4.69, 9.17) is 25.8 Å². The van der Waals surface area contributed by atoms with Crippen LogP contribution < -0.4 is 23.8 Å². The normalized spacial score (nSPS) is 11.1. The molecule has 8 nitrogen and oxygen atoms in total. The Balaban J connectivity index is 1.80. The molecule has 0 aliphatic heterocycles. The summed E-state index contributed by atoms with van der Waals surface area (Å²) in [6.45, 7) is 5.58. The van der Waals surface area contributed by atoms with Crippen molar-refractivity contribution in [1.82, 2.24) is 5.32 Å². The quantitative estimate of drug-likeness (QED) is 0.351. The smallest absolute Gasteiger partial charge is 0.264 e. The number of nitrogens with zero attached hydrogens (tertiary/aromatic N) is 1. The third-order valence-electron chi connectivity index (χ3n) is 5.56. The number of halogens is 1. The summed E-state index contributed by atoms with van der Waals surface area (Å²) >= 11 is 6.12. The Morgan fingerprint density at radius 2 is 1.59 bits per heavy atom. The van der Waals surface area contributed by atoms with Gasteiger partial charge in [0.05, 0.1) is 31.3 Å². The highest BCUT2D eigenvalue weighted by atomic mass is 35.5. The van der Waals surface area contributed by atoms with Crippen LogP contribution in [-0.4, -0.2) is 48.2 Å². The monoisotopic (exact) mass is 546 g/mol. The molecule has 1 amide bonds. The van der Waals surface area contributed by atoms with Crippen molar-refractivity contribution in [3.8, 4) is 17.2 Å². The molecule has 37 heavy (non-hydrogen) atoms. The maximum atomic E-state index is 13.7. The third kappa shape index (κ3) is 7.08. The molecule has 10 heteroatoms. The fraction of sp³-hybridized carbons (Fsp3) is 0.296. The minimum atomic E-state index is -4.13. The minimum absolute atomic E-state index is 0.0308. The molecule has 0 heterocycles. The molecule has 0 unspecified atom stereocenters. The van der Waals surface area contributed by atoms with Gasteiger partial charge in [-0.05, 0) is 73.9 Å². The van der Waals surface area contributed by atoms with Gasteiger partial charge in [-0.25, -0.2) is 8.42 Å². The molecule has 0 spiro atoms. The molecule has 3 aromatic carbocycles. The number of amides is 1. The summed E-state index contributed by atoms with van der Waals surface area (Å²) < 4.78 is 44.7. The van der Waals surface area contributed by atoms with Crippen LogP contribution in [0.3, 0.4) is 0 Å². The Bertz CT molecular complexity index is 1360. The van der Waals surface area contributed by atoms with E-state index >= 15 is 0 Å². The molecule has 0 atom stereocenters. The fourth-order valence-electron chi connectivity index (χ4n) is 3.72. The number of carbonyl (C=O) groups excluding carboxylic acids is 1. The second-order valence-corrected chi connectivity index (χ2v) is 10.8. The maximum Gasteiger partial charge on any atom is 0.264 e. The number of methoxy groups -OCH3 is 2. The average Bonchev–Trinajstić information content (AvgIpc) is 2.86. The van der Waals surface area contributed by atoms with E-state index in [1.165, 1.54) is 32.4 Å². The number of hydrogen-bond donors (Lipinski definition) is 1. The second kappa shape index (κ2) is 12.2. The lowest BCUT2D eigenvalue weighted by Gasteiger charge is -2.25. The summed E-state index contributed by atoms with van der Waals surface area (Å²) in [6, 6.07) is 15.0. The highest BCUT2D eigenvalue weighted by Gasteiger charge is 2.28. The van der Waals surface area contributed by atoms with Gasteiger partial charge in [-0.15, -0.1) is 0 Å². The molecule has 0 saturated carbocycles. The van der Waals surface area contributed by atoms with E-state index < -0.39 is 22.5 Å². The van der Waals surface area contributed by atoms with Crippen molar-refractivity contribution in [1.29, 1.82) is 0 Å². The molecular formula is C27H31ClN2O6S. The molecule has 3 rings (SSSR count). The van der Waals surface area contributed by atoms with Crippen molar-refractivity contribution < 1.29 is 27.4 Å². The van der Waals surface area contributed by atoms with Gasteiger partial charge in [0.15, 0.2) is 11.5 Å². The molecule has 1 N–H and O–H groups in total. The van der Waals surface area contributed by atoms with E-state index in [0.29, 0.717) is 22.2 Å². The molecule has 0 radical (unpaired) electrons. The molecule has 0 bridgehead atoms. The van der Waals surface area contributed by atoms with Crippen molar-refractivity contribution in [2.45, 2.75) is 25.7 Å². The van der Waals surface area contributed by atoms with Crippen LogP contribution >= 0.6 is 11.6 Å². The van der Waals surface area contributed by atoms with E-state index in [-0.39, 0.29) is 23.8 Å². The van der Waals surface area contributed by atoms with Crippen molar-refractivity contribution in [3.05, 3.63) is 76.3 Å². The number of anilines is 1. The topological polar surface area (TPSA) is 94.2 Å². The minimum Gasteiger partial charge on any atom is -0.493 e. The van der Waals surface area contributed by atoms with Gasteiger partial charge >= 0.3 is 0 Å². The van der Waals surface area contributed by atoms with Gasteiger partial charge in [0.25, 0.3) is 10.0 Å². The van der Waals surface area contributed by atoms with Crippen molar-refractivity contribution >= 4 is 33.2 Å². The van der Waals surface area contributed by atoms with Crippen LogP contribution in [0, 0.1) is 20.8 Å². The van der Waals surface area contributed by atoms with E-state index in [0.717, 1.165) is 21.0 Å². The summed E-state index contributed by atoms with van der Waals surface area (Å²) in [7, 11) is -1.24. The largest absolute Gasteiger partial charge is 0.493 e. The van der Waals surface area contributed by atoms with Gasteiger partial charge in [-0.3, -0.25) is 9.10 Å². The van der Waals surface area contributed by atoms with Crippen molar-refractivity contribution in [3.63, 3.8) is 0 Å². The first-order valence-corrected chi connectivity index (χ1v) is 13.4. The molecule has 0 fully saturated rings. The lowest BCUT2D eigenvalue weighted by Crippen LogP contribution is -2.42. The SMILES string of the molecule is COc1ccc(S(=O)(=O)N(CC(=O)NCCOc2ccc(C)c(Cl)c2)c2cc(C)cc(C)c2)cc1OC. The lowest BCUT2D eigenvalue weighted by molar-refractivity contribution is -0.119. The molecule has 198 valence electrons. The van der Waals surface area contributed by atoms with E-state index in [2.05, 4.69) is 5.32 Å². The Hall–Kier alpha value is -3.43. The molecule has 0 aliphatic rings. The van der Waals surface area contributed by atoms with Gasteiger partial charge in [-0.2, -0.15) is 0 Å². The molecule has 0 aliphatic carbocycles. The first-order valence-electron chi connectivity index (χ1n) is 11.5. The third-order valence-corrected chi connectivity index (χ3v) is 7.74. The van der Waals surface area contributed by atoms with Crippen LogP contribution in [0.1, 0.15) is 16.7 Å². The number of hydrogen-bond acceptors (Lipinski definition) is 6. The molecule has 3 aromatic rings. The van der Waals surface area contributed by atoms with Crippen LogP contribution in [0.25, 0.3) is 0 Å². The van der Waals surface area contributed by atoms with Gasteiger partial charge < -0.3 is 19.5 Å². The number of ether oxygens (including phenoxy) is 3. The maximum absolute atomic E-state index is 13.7. The van der Waals surface area contributed by atoms with Crippen molar-refractivity contribution in [2.24, 2.45) is 0 Å². The second-order valence-electron chi connectivity index (χ2n) is 8.48. The Kier molecular flexibility index (Phi) is 9.29. The van der Waals surface area contributed by atoms with Crippen LogP contribution in [-0.2, 0) is 14.8 Å². The Morgan fingerprint density at radius 3 is 2.22 bits per heavy atom. The average molecular weight is 547 g/mol. The lowest BCUT2D eigenvalue weighted by atomic mass is 10.1. The summed E-state index contributed by atoms with van der Waals surface area (Å²) in [5, 5.41) is 3.31. The van der Waals surface area contributed by atoms with Crippen molar-refractivity contribution in [2.75, 3.05) is 38.2 Å². The van der Waals surface area contributed by atoms with E-state index in [9.17, 15) is 13.2 Å². The van der Waals surface area contributed by atoms with Crippen LogP contribution in [0.2, 0.25) is 5.02 Å². The standard InChI is InChI=1S/C27H31ClN2O6S/c1-18-12-19(2)14-21(13-18)30(37(32,33)23-8-9-25(34-4)26(16-23)35-5)17-27(31)29-10-11-36-22-7-6-20(3)24(28)15-22/h6-9,12-16H,10-11,17H2,1-5H3,(H,29,31). The van der Waals surface area contributed by atoms with E-state index in [1.54, 1.807) is 24.3 Å². The van der Waals surface area contributed by atoms with Crippen LogP contribution in [0.4, 0.5) is 5.69 Å². The Labute approximate surface area is 223 Å². The van der Waals surface area contributed by atoms with Gasteiger partial charge in [0.2, 0.25) is 5.91 Å². The first-order chi connectivity index (χ1) is 17.5. The number of nitrogens with one attached hydrogen (secondary N) is 1. The molecular weight excluding hydrogens is 516 g/mol. The van der Waals surface area contributed by atoms with Gasteiger partial charge in [0, 0.05) is 11.1 Å². The predicted molar refractivity (Wildman–Crippen MR) is 145 cm³/mol. The number of sulfonamides is 1. The van der Waals surface area contributed by atoms with Crippen LogP contribution in [0.5, 0.6) is 17.2 Å². The Morgan fingerprint density at radius 1 is 0.919 bits per heavy atom. The number of aryl methyl sites for hydroxylation is 3. The van der Waals surface area contributed by atoms with Crippen LogP contribution in [0.15, 0.2) is 59.5 Å².